The molecule has 7 heteroatoms. The van der Waals surface area contributed by atoms with Crippen molar-refractivity contribution in [1.82, 2.24) is 4.98 Å². The van der Waals surface area contributed by atoms with Crippen molar-refractivity contribution < 1.29 is 13.2 Å². The Morgan fingerprint density at radius 1 is 1.47 bits per heavy atom. The van der Waals surface area contributed by atoms with E-state index in [9.17, 15) is 13.2 Å². The van der Waals surface area contributed by atoms with Gasteiger partial charge >= 0.3 is 0 Å². The minimum absolute atomic E-state index is 0.0371. The maximum absolute atomic E-state index is 11.8. The van der Waals surface area contributed by atoms with Crippen molar-refractivity contribution in [2.45, 2.75) is 11.3 Å². The molecular formula is C10H8ClNO3S2. The number of thiazole rings is 1. The molecule has 0 bridgehead atoms. The highest BCUT2D eigenvalue weighted by molar-refractivity contribution is 7.94. The summed E-state index contributed by atoms with van der Waals surface area (Å²) in [6.45, 7) is 1.24. The van der Waals surface area contributed by atoms with Crippen LogP contribution in [0, 0.1) is 0 Å². The van der Waals surface area contributed by atoms with Crippen LogP contribution in [0.4, 0.5) is 0 Å². The van der Waals surface area contributed by atoms with Crippen LogP contribution in [0.2, 0.25) is 5.02 Å². The predicted octanol–water partition coefficient (Wildman–Crippen LogP) is 2.31. The average molecular weight is 290 g/mol. The Balaban J connectivity index is 2.53. The Morgan fingerprint density at radius 3 is 2.82 bits per heavy atom. The number of hydrogen-bond donors (Lipinski definition) is 0. The second kappa shape index (κ2) is 4.36. The van der Waals surface area contributed by atoms with Crippen LogP contribution in [0.15, 0.2) is 22.5 Å². The summed E-state index contributed by atoms with van der Waals surface area (Å²) in [6, 6.07) is 4.98. The van der Waals surface area contributed by atoms with Gasteiger partial charge in [-0.15, -0.1) is 11.3 Å². The van der Waals surface area contributed by atoms with Crippen LogP contribution in [0.25, 0.3) is 10.2 Å². The highest BCUT2D eigenvalue weighted by Crippen LogP contribution is 2.28. The lowest BCUT2D eigenvalue weighted by atomic mass is 10.3. The molecule has 0 radical (unpaired) electrons. The maximum Gasteiger partial charge on any atom is 0.212 e. The second-order valence-corrected chi connectivity index (χ2v) is 7.18. The van der Waals surface area contributed by atoms with Gasteiger partial charge in [0.2, 0.25) is 14.2 Å². The molecule has 1 heterocycles. The first-order valence-electron chi connectivity index (χ1n) is 4.67. The van der Waals surface area contributed by atoms with Crippen molar-refractivity contribution in [2.75, 3.05) is 5.75 Å². The zero-order valence-electron chi connectivity index (χ0n) is 8.81. The molecule has 0 aliphatic heterocycles. The Bertz CT molecular complexity index is 691. The van der Waals surface area contributed by atoms with E-state index in [1.165, 1.54) is 6.92 Å². The lowest BCUT2D eigenvalue weighted by Crippen LogP contribution is -2.12. The van der Waals surface area contributed by atoms with Crippen molar-refractivity contribution in [3.63, 3.8) is 0 Å². The number of halogens is 1. The molecule has 0 unspecified atom stereocenters. The minimum atomic E-state index is -3.62. The van der Waals surface area contributed by atoms with Gasteiger partial charge in [-0.25, -0.2) is 13.4 Å². The summed E-state index contributed by atoms with van der Waals surface area (Å²) in [5.74, 6) is -0.914. The number of hydrogen-bond acceptors (Lipinski definition) is 5. The largest absolute Gasteiger partial charge is 0.299 e. The summed E-state index contributed by atoms with van der Waals surface area (Å²) in [4.78, 5) is 14.9. The molecule has 0 aliphatic rings. The Kier molecular flexibility index (Phi) is 3.20. The van der Waals surface area contributed by atoms with Crippen LogP contribution in [0.1, 0.15) is 6.92 Å². The van der Waals surface area contributed by atoms with Crippen LogP contribution in [-0.4, -0.2) is 24.9 Å². The lowest BCUT2D eigenvalue weighted by molar-refractivity contribution is -0.114. The Hall–Kier alpha value is -0.980. The summed E-state index contributed by atoms with van der Waals surface area (Å²) in [5.41, 5.74) is 0.532. The molecule has 0 aliphatic carbocycles. The van der Waals surface area contributed by atoms with Crippen molar-refractivity contribution in [1.29, 1.82) is 0 Å². The molecule has 0 saturated heterocycles. The van der Waals surface area contributed by atoms with Crippen molar-refractivity contribution in [3.05, 3.63) is 23.2 Å². The molecular weight excluding hydrogens is 282 g/mol. The van der Waals surface area contributed by atoms with E-state index in [0.29, 0.717) is 10.5 Å². The first-order valence-corrected chi connectivity index (χ1v) is 7.51. The van der Waals surface area contributed by atoms with E-state index in [2.05, 4.69) is 4.98 Å². The van der Waals surface area contributed by atoms with E-state index in [0.717, 1.165) is 16.0 Å². The van der Waals surface area contributed by atoms with Gasteiger partial charge in [0.1, 0.15) is 11.5 Å². The van der Waals surface area contributed by atoms with Crippen molar-refractivity contribution in [3.8, 4) is 0 Å². The zero-order chi connectivity index (χ0) is 12.6. The number of Topliss-reactive ketones (excluding diaryl/α,β-unsaturated/α-hetero) is 1. The Labute approximate surface area is 107 Å². The molecule has 1 aromatic carbocycles. The van der Waals surface area contributed by atoms with Crippen LogP contribution < -0.4 is 0 Å². The van der Waals surface area contributed by atoms with Gasteiger partial charge < -0.3 is 0 Å². The smallest absolute Gasteiger partial charge is 0.212 e. The van der Waals surface area contributed by atoms with Crippen molar-refractivity contribution >= 4 is 48.8 Å². The average Bonchev–Trinajstić information content (AvgIpc) is 2.58. The van der Waals surface area contributed by atoms with Crippen LogP contribution >= 0.6 is 22.9 Å². The van der Waals surface area contributed by atoms with E-state index in [1.54, 1.807) is 18.2 Å². The van der Waals surface area contributed by atoms with Crippen molar-refractivity contribution in [2.24, 2.45) is 0 Å². The number of carbonyl (C=O) groups is 1. The quantitative estimate of drug-likeness (QED) is 0.870. The number of nitrogens with zero attached hydrogens (tertiary/aromatic N) is 1. The number of benzene rings is 1. The van der Waals surface area contributed by atoms with Gasteiger partial charge in [-0.3, -0.25) is 4.79 Å². The Morgan fingerprint density at radius 2 is 2.18 bits per heavy atom. The van der Waals surface area contributed by atoms with Gasteiger partial charge in [-0.05, 0) is 25.1 Å². The van der Waals surface area contributed by atoms with Gasteiger partial charge in [0.05, 0.1) is 10.2 Å². The number of rotatable bonds is 3. The van der Waals surface area contributed by atoms with Gasteiger partial charge in [0, 0.05) is 5.02 Å². The van der Waals surface area contributed by atoms with Gasteiger partial charge in [0.15, 0.2) is 0 Å². The highest BCUT2D eigenvalue weighted by atomic mass is 35.5. The standard InChI is InChI=1S/C10H8ClNO3S2/c1-6(13)5-17(14,15)10-12-8-4-7(11)2-3-9(8)16-10/h2-4H,5H2,1H3. The molecule has 4 nitrogen and oxygen atoms in total. The van der Waals surface area contributed by atoms with Crippen LogP contribution in [0.3, 0.4) is 0 Å². The molecule has 0 fully saturated rings. The number of fused-ring (bicyclic) bond motifs is 1. The number of carbonyl (C=O) groups excluding carboxylic acids is 1. The van der Waals surface area contributed by atoms with Crippen LogP contribution in [-0.2, 0) is 14.6 Å². The summed E-state index contributed by atoms with van der Waals surface area (Å²) >= 11 is 6.83. The summed E-state index contributed by atoms with van der Waals surface area (Å²) < 4.78 is 24.3. The fraction of sp³-hybridized carbons (Fsp3) is 0.200. The molecule has 90 valence electrons. The fourth-order valence-electron chi connectivity index (χ4n) is 1.34. The highest BCUT2D eigenvalue weighted by Gasteiger charge is 2.21. The topological polar surface area (TPSA) is 64.1 Å². The molecule has 17 heavy (non-hydrogen) atoms. The maximum atomic E-state index is 11.8. The van der Waals surface area contributed by atoms with E-state index >= 15 is 0 Å². The number of ketones is 1. The molecule has 0 spiro atoms. The summed E-state index contributed by atoms with van der Waals surface area (Å²) in [7, 11) is -3.62. The second-order valence-electron chi connectivity index (χ2n) is 3.55. The molecule has 0 amide bonds. The third-order valence-electron chi connectivity index (χ3n) is 1.99. The molecule has 2 aromatic rings. The minimum Gasteiger partial charge on any atom is -0.299 e. The summed E-state index contributed by atoms with van der Waals surface area (Å²) in [6.07, 6.45) is 0. The molecule has 1 aromatic heterocycles. The number of sulfone groups is 1. The van der Waals surface area contributed by atoms with E-state index in [-0.39, 0.29) is 4.34 Å². The molecule has 2 rings (SSSR count). The lowest BCUT2D eigenvalue weighted by Gasteiger charge is -1.94. The van der Waals surface area contributed by atoms with E-state index < -0.39 is 21.4 Å². The first-order chi connectivity index (χ1) is 7.88. The predicted molar refractivity (Wildman–Crippen MR) is 67.4 cm³/mol. The van der Waals surface area contributed by atoms with Gasteiger partial charge in [-0.2, -0.15) is 0 Å². The van der Waals surface area contributed by atoms with Gasteiger partial charge in [0.25, 0.3) is 0 Å². The van der Waals surface area contributed by atoms with E-state index in [4.69, 9.17) is 11.6 Å². The fourth-order valence-corrected chi connectivity index (χ4v) is 4.04. The van der Waals surface area contributed by atoms with Gasteiger partial charge in [-0.1, -0.05) is 11.6 Å². The molecule has 0 saturated carbocycles. The monoisotopic (exact) mass is 289 g/mol. The van der Waals surface area contributed by atoms with Crippen LogP contribution in [0.5, 0.6) is 0 Å². The zero-order valence-corrected chi connectivity index (χ0v) is 11.2. The normalized spacial score (nSPS) is 11.9. The molecule has 0 N–H and O–H groups in total. The first kappa shape index (κ1) is 12.5. The third kappa shape index (κ3) is 2.65. The summed E-state index contributed by atoms with van der Waals surface area (Å²) in [5, 5.41) is 0.498. The third-order valence-corrected chi connectivity index (χ3v) is 5.48. The van der Waals surface area contributed by atoms with E-state index in [1.807, 2.05) is 0 Å². The SMILES string of the molecule is CC(=O)CS(=O)(=O)c1nc2cc(Cl)ccc2s1. The number of aromatic nitrogens is 1. The molecule has 0 atom stereocenters.